The van der Waals surface area contributed by atoms with Crippen molar-refractivity contribution in [1.82, 2.24) is 5.32 Å². The van der Waals surface area contributed by atoms with Gasteiger partial charge in [0.15, 0.2) is 0 Å². The number of unbranched alkanes of at least 4 members (excludes halogenated alkanes) is 62. The van der Waals surface area contributed by atoms with Crippen molar-refractivity contribution < 1.29 is 24.5 Å². The van der Waals surface area contributed by atoms with Crippen molar-refractivity contribution in [2.24, 2.45) is 0 Å². The largest absolute Gasteiger partial charge is 0.466 e. The first kappa shape index (κ1) is 84.3. The number of hydrogen-bond acceptors (Lipinski definition) is 5. The molecule has 0 aromatic rings. The van der Waals surface area contributed by atoms with E-state index in [1.807, 2.05) is 6.08 Å². The predicted molar refractivity (Wildman–Crippen MR) is 380 cm³/mol. The first-order chi connectivity index (χ1) is 42.5. The zero-order valence-electron chi connectivity index (χ0n) is 58.6. The van der Waals surface area contributed by atoms with Gasteiger partial charge in [0, 0.05) is 12.8 Å². The molecule has 6 heteroatoms. The van der Waals surface area contributed by atoms with Crippen molar-refractivity contribution in [2.75, 3.05) is 13.2 Å². The molecular formula is C80H155NO5. The van der Waals surface area contributed by atoms with Gasteiger partial charge in [-0.25, -0.2) is 0 Å². The van der Waals surface area contributed by atoms with Gasteiger partial charge in [0.2, 0.25) is 5.91 Å². The minimum atomic E-state index is -0.842. The van der Waals surface area contributed by atoms with E-state index in [2.05, 4.69) is 31.3 Å². The quantitative estimate of drug-likeness (QED) is 0.0320. The Morgan fingerprint density at radius 1 is 0.314 bits per heavy atom. The van der Waals surface area contributed by atoms with Crippen LogP contribution in [0.3, 0.4) is 0 Å². The molecule has 3 N–H and O–H groups in total. The normalized spacial score (nSPS) is 12.6. The van der Waals surface area contributed by atoms with Crippen molar-refractivity contribution in [1.29, 1.82) is 0 Å². The van der Waals surface area contributed by atoms with E-state index >= 15 is 0 Å². The van der Waals surface area contributed by atoms with Crippen LogP contribution in [-0.4, -0.2) is 47.4 Å². The van der Waals surface area contributed by atoms with Crippen LogP contribution in [0.2, 0.25) is 0 Å². The minimum Gasteiger partial charge on any atom is -0.466 e. The number of hydrogen-bond donors (Lipinski definition) is 3. The molecule has 0 bridgehead atoms. The Morgan fingerprint density at radius 3 is 0.826 bits per heavy atom. The third kappa shape index (κ3) is 71.4. The molecule has 0 aromatic carbocycles. The summed E-state index contributed by atoms with van der Waals surface area (Å²) in [6.45, 7) is 4.96. The highest BCUT2D eigenvalue weighted by molar-refractivity contribution is 5.76. The lowest BCUT2D eigenvalue weighted by atomic mass is 10.0. The minimum absolute atomic E-state index is 0.0244. The summed E-state index contributed by atoms with van der Waals surface area (Å²) in [5, 5.41) is 23.2. The van der Waals surface area contributed by atoms with Crippen molar-refractivity contribution >= 4 is 11.9 Å². The van der Waals surface area contributed by atoms with Gasteiger partial charge in [0.1, 0.15) is 0 Å². The van der Waals surface area contributed by atoms with Crippen molar-refractivity contribution in [3.63, 3.8) is 0 Å². The summed E-state index contributed by atoms with van der Waals surface area (Å²) in [6.07, 6.45) is 97.3. The van der Waals surface area contributed by atoms with Gasteiger partial charge in [-0.15, -0.1) is 0 Å². The fraction of sp³-hybridized carbons (Fsp3) is 0.925. The van der Waals surface area contributed by atoms with E-state index in [4.69, 9.17) is 4.74 Å². The fourth-order valence-electron chi connectivity index (χ4n) is 12.7. The molecule has 0 fully saturated rings. The molecule has 2 unspecified atom stereocenters. The topological polar surface area (TPSA) is 95.9 Å². The van der Waals surface area contributed by atoms with Crippen LogP contribution >= 0.6 is 0 Å². The lowest BCUT2D eigenvalue weighted by molar-refractivity contribution is -0.143. The number of nitrogens with one attached hydrogen (secondary N) is 1. The van der Waals surface area contributed by atoms with E-state index in [1.54, 1.807) is 6.08 Å². The Balaban J connectivity index is 3.34. The molecule has 0 aliphatic carbocycles. The lowest BCUT2D eigenvalue weighted by Gasteiger charge is -2.20. The number of ether oxygens (including phenoxy) is 1. The Labute approximate surface area is 539 Å². The van der Waals surface area contributed by atoms with Gasteiger partial charge in [0.05, 0.1) is 25.4 Å². The molecule has 0 saturated heterocycles. The molecule has 86 heavy (non-hydrogen) atoms. The van der Waals surface area contributed by atoms with Gasteiger partial charge >= 0.3 is 5.97 Å². The van der Waals surface area contributed by atoms with Gasteiger partial charge in [-0.1, -0.05) is 404 Å². The van der Waals surface area contributed by atoms with E-state index in [9.17, 15) is 19.8 Å². The fourth-order valence-corrected chi connectivity index (χ4v) is 12.7. The van der Waals surface area contributed by atoms with E-state index in [1.165, 1.54) is 385 Å². The Bertz CT molecular complexity index is 1350. The summed E-state index contributed by atoms with van der Waals surface area (Å²) in [5.41, 5.74) is 0. The number of esters is 1. The molecule has 2 atom stereocenters. The van der Waals surface area contributed by atoms with E-state index in [-0.39, 0.29) is 18.5 Å². The van der Waals surface area contributed by atoms with Crippen LogP contribution < -0.4 is 5.32 Å². The first-order valence-corrected chi connectivity index (χ1v) is 39.6. The predicted octanol–water partition coefficient (Wildman–Crippen LogP) is 26.0. The smallest absolute Gasteiger partial charge is 0.305 e. The monoisotopic (exact) mass is 1210 g/mol. The van der Waals surface area contributed by atoms with Gasteiger partial charge < -0.3 is 20.3 Å². The van der Waals surface area contributed by atoms with Crippen LogP contribution in [0.15, 0.2) is 24.3 Å². The number of amides is 1. The summed E-state index contributed by atoms with van der Waals surface area (Å²) >= 11 is 0. The number of carbonyl (C=O) groups is 2. The second kappa shape index (κ2) is 75.8. The third-order valence-corrected chi connectivity index (χ3v) is 18.7. The van der Waals surface area contributed by atoms with Gasteiger partial charge in [-0.3, -0.25) is 9.59 Å². The maximum Gasteiger partial charge on any atom is 0.305 e. The standard InChI is InChI=1S/C80H155NO5/c1-3-5-7-9-11-13-15-17-19-21-41-44-48-52-56-60-64-68-72-78(83)77(76-82)81-79(84)73-69-65-61-57-53-49-45-42-39-37-35-33-31-29-27-25-23-22-24-26-28-30-32-34-36-38-40-43-47-51-55-59-63-67-71-75-86-80(85)74-70-66-62-58-54-50-46-20-18-16-14-12-10-8-6-4-2/h24,26,68,72,77-78,82-83H,3-23,25,27-67,69-71,73-76H2,1-2H3,(H,81,84)/b26-24-,72-68+. The Kier molecular flexibility index (Phi) is 74.3. The number of carbonyl (C=O) groups excluding carboxylic acids is 2. The molecule has 0 rings (SSSR count). The summed E-state index contributed by atoms with van der Waals surface area (Å²) in [7, 11) is 0. The molecule has 510 valence electrons. The molecule has 0 spiro atoms. The highest BCUT2D eigenvalue weighted by atomic mass is 16.5. The van der Waals surface area contributed by atoms with Gasteiger partial charge in [-0.2, -0.15) is 0 Å². The SMILES string of the molecule is CCCCCCCCCCCCCCCCCC/C=C/C(O)C(CO)NC(=O)CCCCCCCCCCCCCCCCCCC/C=C\CCCCCCCCCCCCCCCCOC(=O)CCCCCCCCCCCCCCCCCC. The zero-order chi connectivity index (χ0) is 62.0. The van der Waals surface area contributed by atoms with Crippen LogP contribution in [0.4, 0.5) is 0 Å². The molecule has 0 saturated carbocycles. The van der Waals surface area contributed by atoms with Crippen LogP contribution in [0.1, 0.15) is 450 Å². The van der Waals surface area contributed by atoms with Crippen LogP contribution in [0.5, 0.6) is 0 Å². The maximum atomic E-state index is 12.5. The van der Waals surface area contributed by atoms with Gasteiger partial charge in [0.25, 0.3) is 0 Å². The van der Waals surface area contributed by atoms with Crippen LogP contribution in [0.25, 0.3) is 0 Å². The van der Waals surface area contributed by atoms with E-state index in [0.717, 1.165) is 38.5 Å². The first-order valence-electron chi connectivity index (χ1n) is 39.6. The number of rotatable bonds is 75. The molecule has 1 amide bonds. The summed E-state index contributed by atoms with van der Waals surface area (Å²) in [4.78, 5) is 24.6. The second-order valence-electron chi connectivity index (χ2n) is 27.4. The number of aliphatic hydroxyl groups excluding tert-OH is 2. The van der Waals surface area contributed by atoms with Crippen LogP contribution in [-0.2, 0) is 14.3 Å². The second-order valence-corrected chi connectivity index (χ2v) is 27.4. The summed E-state index contributed by atoms with van der Waals surface area (Å²) < 4.78 is 5.51. The number of allylic oxidation sites excluding steroid dienone is 3. The lowest BCUT2D eigenvalue weighted by Crippen LogP contribution is -2.45. The molecule has 0 aliphatic rings. The van der Waals surface area contributed by atoms with Crippen molar-refractivity contribution in [2.45, 2.75) is 463 Å². The molecule has 0 aliphatic heterocycles. The van der Waals surface area contributed by atoms with Crippen molar-refractivity contribution in [3.8, 4) is 0 Å². The zero-order valence-corrected chi connectivity index (χ0v) is 58.6. The maximum absolute atomic E-state index is 12.5. The Morgan fingerprint density at radius 2 is 0.547 bits per heavy atom. The average molecular weight is 1210 g/mol. The summed E-state index contributed by atoms with van der Waals surface area (Å²) in [6, 6.07) is -0.625. The van der Waals surface area contributed by atoms with Crippen LogP contribution in [0, 0.1) is 0 Å². The highest BCUT2D eigenvalue weighted by Gasteiger charge is 2.18. The van der Waals surface area contributed by atoms with E-state index in [0.29, 0.717) is 19.4 Å². The molecule has 6 nitrogen and oxygen atoms in total. The van der Waals surface area contributed by atoms with E-state index < -0.39 is 12.1 Å². The molecule has 0 aromatic heterocycles. The average Bonchev–Trinajstić information content (AvgIpc) is 3.58. The molecular weight excluding hydrogens is 1050 g/mol. The van der Waals surface area contributed by atoms with Gasteiger partial charge in [-0.05, 0) is 57.8 Å². The van der Waals surface area contributed by atoms with Crippen molar-refractivity contribution in [3.05, 3.63) is 24.3 Å². The number of aliphatic hydroxyl groups is 2. The third-order valence-electron chi connectivity index (χ3n) is 18.7. The Hall–Kier alpha value is -1.66. The molecule has 0 heterocycles. The highest BCUT2D eigenvalue weighted by Crippen LogP contribution is 2.20. The molecule has 0 radical (unpaired) electrons. The summed E-state index contributed by atoms with van der Waals surface area (Å²) in [5.74, 6) is -0.0359.